The monoisotopic (exact) mass is 402 g/mol. The summed E-state index contributed by atoms with van der Waals surface area (Å²) in [5.74, 6) is 0.892. The molecule has 27 heavy (non-hydrogen) atoms. The molecule has 0 unspecified atom stereocenters. The number of methoxy groups -OCH3 is 2. The van der Waals surface area contributed by atoms with Crippen LogP contribution in [-0.2, 0) is 0 Å². The largest absolute Gasteiger partial charge is 0.493 e. The van der Waals surface area contributed by atoms with Gasteiger partial charge in [0.2, 0.25) is 0 Å². The van der Waals surface area contributed by atoms with Crippen molar-refractivity contribution in [1.29, 1.82) is 0 Å². The van der Waals surface area contributed by atoms with Crippen LogP contribution < -0.4 is 14.9 Å². The summed E-state index contributed by atoms with van der Waals surface area (Å²) in [6, 6.07) is 11.4. The number of halogens is 1. The van der Waals surface area contributed by atoms with Crippen LogP contribution in [0.2, 0.25) is 5.02 Å². The summed E-state index contributed by atoms with van der Waals surface area (Å²) < 4.78 is 11.5. The number of nitrogens with one attached hydrogen (secondary N) is 1. The van der Waals surface area contributed by atoms with Crippen molar-refractivity contribution in [2.24, 2.45) is 5.10 Å². The van der Waals surface area contributed by atoms with Crippen molar-refractivity contribution in [2.45, 2.75) is 13.8 Å². The first-order chi connectivity index (χ1) is 12.9. The van der Waals surface area contributed by atoms with E-state index < -0.39 is 0 Å². The van der Waals surface area contributed by atoms with E-state index in [1.165, 1.54) is 11.3 Å². The van der Waals surface area contributed by atoms with Crippen molar-refractivity contribution < 1.29 is 14.3 Å². The lowest BCUT2D eigenvalue weighted by molar-refractivity contribution is 0.0959. The zero-order valence-corrected chi connectivity index (χ0v) is 17.0. The summed E-state index contributed by atoms with van der Waals surface area (Å²) in [5, 5.41) is 5.52. The number of aryl methyl sites for hydroxylation is 1. The highest BCUT2D eigenvalue weighted by Crippen LogP contribution is 2.35. The van der Waals surface area contributed by atoms with Crippen molar-refractivity contribution in [3.63, 3.8) is 0 Å². The fourth-order valence-electron chi connectivity index (χ4n) is 2.63. The van der Waals surface area contributed by atoms with Crippen molar-refractivity contribution >= 4 is 44.6 Å². The first kappa shape index (κ1) is 19.2. The molecule has 0 bridgehead atoms. The van der Waals surface area contributed by atoms with Gasteiger partial charge in [0.1, 0.15) is 4.88 Å². The van der Waals surface area contributed by atoms with Gasteiger partial charge in [-0.3, -0.25) is 4.79 Å². The molecule has 0 atom stereocenters. The number of hydrazone groups is 1. The average Bonchev–Trinajstić information content (AvgIpc) is 3.00. The molecular formula is C20H19ClN2O3S. The minimum Gasteiger partial charge on any atom is -0.493 e. The summed E-state index contributed by atoms with van der Waals surface area (Å²) in [7, 11) is 3.15. The molecule has 0 radical (unpaired) electrons. The maximum atomic E-state index is 12.5. The lowest BCUT2D eigenvalue weighted by Gasteiger charge is -2.09. The van der Waals surface area contributed by atoms with Gasteiger partial charge in [-0.1, -0.05) is 23.7 Å². The second-order valence-electron chi connectivity index (χ2n) is 5.95. The standard InChI is InChI=1S/C20H19ClN2O3S/c1-11-5-7-14-17(9-11)27-19(18(14)21)20(24)23-22-12(2)13-6-8-15(25-3)16(10-13)26-4/h5-10H,1-4H3,(H,23,24). The number of hydrogen-bond donors (Lipinski definition) is 1. The summed E-state index contributed by atoms with van der Waals surface area (Å²) in [5.41, 5.74) is 5.15. The van der Waals surface area contributed by atoms with Gasteiger partial charge in [0.05, 0.1) is 25.0 Å². The van der Waals surface area contributed by atoms with Gasteiger partial charge in [0, 0.05) is 15.6 Å². The van der Waals surface area contributed by atoms with Gasteiger partial charge < -0.3 is 9.47 Å². The lowest BCUT2D eigenvalue weighted by Crippen LogP contribution is -2.18. The molecule has 5 nitrogen and oxygen atoms in total. The number of hydrogen-bond acceptors (Lipinski definition) is 5. The Balaban J connectivity index is 1.83. The third-order valence-electron chi connectivity index (χ3n) is 4.12. The fraction of sp³-hybridized carbons (Fsp3) is 0.200. The number of carbonyl (C=O) groups excluding carboxylic acids is 1. The lowest BCUT2D eigenvalue weighted by atomic mass is 10.1. The molecule has 7 heteroatoms. The molecule has 1 amide bonds. The van der Waals surface area contributed by atoms with Gasteiger partial charge in [0.25, 0.3) is 5.91 Å². The van der Waals surface area contributed by atoms with Gasteiger partial charge in [0.15, 0.2) is 11.5 Å². The number of carbonyl (C=O) groups is 1. The first-order valence-electron chi connectivity index (χ1n) is 8.20. The van der Waals surface area contributed by atoms with Crippen molar-refractivity contribution in [2.75, 3.05) is 14.2 Å². The van der Waals surface area contributed by atoms with Crippen LogP contribution in [0, 0.1) is 6.92 Å². The Hall–Kier alpha value is -2.57. The van der Waals surface area contributed by atoms with Crippen LogP contribution in [0.4, 0.5) is 0 Å². The summed E-state index contributed by atoms with van der Waals surface area (Å²) >= 11 is 7.74. The Morgan fingerprint density at radius 1 is 1.11 bits per heavy atom. The van der Waals surface area contributed by atoms with Gasteiger partial charge in [-0.05, 0) is 43.7 Å². The van der Waals surface area contributed by atoms with E-state index in [2.05, 4.69) is 10.5 Å². The number of fused-ring (bicyclic) bond motifs is 1. The summed E-state index contributed by atoms with van der Waals surface area (Å²) in [6.07, 6.45) is 0. The molecule has 1 N–H and O–H groups in total. The molecule has 0 spiro atoms. The molecular weight excluding hydrogens is 384 g/mol. The number of nitrogens with zero attached hydrogens (tertiary/aromatic N) is 1. The first-order valence-corrected chi connectivity index (χ1v) is 9.39. The normalized spacial score (nSPS) is 11.5. The second-order valence-corrected chi connectivity index (χ2v) is 7.38. The molecule has 3 rings (SSSR count). The molecule has 1 heterocycles. The highest BCUT2D eigenvalue weighted by Gasteiger charge is 2.17. The van der Waals surface area contributed by atoms with Crippen molar-refractivity contribution in [3.05, 3.63) is 57.4 Å². The number of rotatable bonds is 5. The molecule has 140 valence electrons. The van der Waals surface area contributed by atoms with E-state index in [0.717, 1.165) is 21.2 Å². The molecule has 0 saturated carbocycles. The van der Waals surface area contributed by atoms with Crippen LogP contribution >= 0.6 is 22.9 Å². The van der Waals surface area contributed by atoms with Crippen LogP contribution in [0.3, 0.4) is 0 Å². The zero-order valence-electron chi connectivity index (χ0n) is 15.4. The topological polar surface area (TPSA) is 59.9 Å². The van der Waals surface area contributed by atoms with Crippen molar-refractivity contribution in [1.82, 2.24) is 5.43 Å². The summed E-state index contributed by atoms with van der Waals surface area (Å²) in [4.78, 5) is 13.0. The van der Waals surface area contributed by atoms with E-state index in [1.807, 2.05) is 31.2 Å². The summed E-state index contributed by atoms with van der Waals surface area (Å²) in [6.45, 7) is 3.81. The number of thiophene rings is 1. The highest BCUT2D eigenvalue weighted by molar-refractivity contribution is 7.21. The Bertz CT molecular complexity index is 1040. The average molecular weight is 403 g/mol. The van der Waals surface area contributed by atoms with Crippen molar-refractivity contribution in [3.8, 4) is 11.5 Å². The molecule has 1 aromatic heterocycles. The van der Waals surface area contributed by atoms with Crippen LogP contribution in [0.15, 0.2) is 41.5 Å². The minimum absolute atomic E-state index is 0.335. The van der Waals surface area contributed by atoms with Crippen LogP contribution in [0.25, 0.3) is 10.1 Å². The Morgan fingerprint density at radius 2 is 1.85 bits per heavy atom. The molecule has 0 aliphatic rings. The fourth-order valence-corrected chi connectivity index (χ4v) is 4.13. The van der Waals surface area contributed by atoms with Gasteiger partial charge in [-0.15, -0.1) is 11.3 Å². The predicted octanol–water partition coefficient (Wildman–Crippen LogP) is 5.03. The molecule has 2 aromatic carbocycles. The Kier molecular flexibility index (Phi) is 5.68. The van der Waals surface area contributed by atoms with E-state index in [9.17, 15) is 4.79 Å². The zero-order chi connectivity index (χ0) is 19.6. The number of benzene rings is 2. The predicted molar refractivity (Wildman–Crippen MR) is 111 cm³/mol. The Morgan fingerprint density at radius 3 is 2.56 bits per heavy atom. The molecule has 3 aromatic rings. The molecule has 0 aliphatic carbocycles. The van der Waals surface area contributed by atoms with Crippen LogP contribution in [0.5, 0.6) is 11.5 Å². The number of amides is 1. The van der Waals surface area contributed by atoms with E-state index in [-0.39, 0.29) is 5.91 Å². The van der Waals surface area contributed by atoms with E-state index in [0.29, 0.717) is 27.1 Å². The van der Waals surface area contributed by atoms with Crippen LogP contribution in [-0.4, -0.2) is 25.8 Å². The molecule has 0 aliphatic heterocycles. The smallest absolute Gasteiger partial charge is 0.283 e. The molecule has 0 saturated heterocycles. The molecule has 0 fully saturated rings. The minimum atomic E-state index is -0.335. The third-order valence-corrected chi connectivity index (χ3v) is 5.77. The quantitative estimate of drug-likeness (QED) is 0.480. The van der Waals surface area contributed by atoms with E-state index in [4.69, 9.17) is 21.1 Å². The maximum Gasteiger partial charge on any atom is 0.283 e. The van der Waals surface area contributed by atoms with Gasteiger partial charge >= 0.3 is 0 Å². The van der Waals surface area contributed by atoms with E-state index >= 15 is 0 Å². The highest BCUT2D eigenvalue weighted by atomic mass is 35.5. The maximum absolute atomic E-state index is 12.5. The van der Waals surface area contributed by atoms with Crippen LogP contribution in [0.1, 0.15) is 27.7 Å². The SMILES string of the molecule is COc1ccc(C(C)=NNC(=O)c2sc3cc(C)ccc3c2Cl)cc1OC. The second kappa shape index (κ2) is 7.98. The van der Waals surface area contributed by atoms with Gasteiger partial charge in [-0.25, -0.2) is 5.43 Å². The van der Waals surface area contributed by atoms with Gasteiger partial charge in [-0.2, -0.15) is 5.10 Å². The number of ether oxygens (including phenoxy) is 2. The van der Waals surface area contributed by atoms with E-state index in [1.54, 1.807) is 33.3 Å². The third kappa shape index (κ3) is 3.91. The Labute approximate surface area is 166 Å².